The highest BCUT2D eigenvalue weighted by Crippen LogP contribution is 2.60. The molecule has 1 saturated carbocycles. The Morgan fingerprint density at radius 3 is 2.41 bits per heavy atom. The highest BCUT2D eigenvalue weighted by atomic mass is 35.5. The maximum atomic E-state index is 12.4. The van der Waals surface area contributed by atoms with E-state index in [1.807, 2.05) is 6.92 Å². The van der Waals surface area contributed by atoms with Gasteiger partial charge in [-0.15, -0.1) is 23.2 Å². The van der Waals surface area contributed by atoms with Crippen molar-refractivity contribution in [3.05, 3.63) is 63.1 Å². The van der Waals surface area contributed by atoms with Crippen molar-refractivity contribution in [2.24, 2.45) is 5.16 Å². The van der Waals surface area contributed by atoms with E-state index in [4.69, 9.17) is 60.7 Å². The van der Waals surface area contributed by atoms with E-state index < -0.39 is 16.5 Å². The minimum Gasteiger partial charge on any atom is -0.457 e. The lowest BCUT2D eigenvalue weighted by molar-refractivity contribution is -0.114. The molecule has 6 nitrogen and oxygen atoms in total. The Hall–Kier alpha value is -1.70. The predicted octanol–water partition coefficient (Wildman–Crippen LogP) is 5.87. The summed E-state index contributed by atoms with van der Waals surface area (Å²) in [5.74, 6) is -0.227. The van der Waals surface area contributed by atoms with Crippen LogP contribution in [0.1, 0.15) is 42.2 Å². The number of oxime groups is 1. The maximum Gasteiger partial charge on any atom is 0.273 e. The lowest BCUT2D eigenvalue weighted by Crippen LogP contribution is -2.30. The maximum absolute atomic E-state index is 12.4. The summed E-state index contributed by atoms with van der Waals surface area (Å²) in [6.45, 7) is 2.15. The lowest BCUT2D eigenvalue weighted by atomic mass is 10.0. The van der Waals surface area contributed by atoms with E-state index in [9.17, 15) is 4.79 Å². The summed E-state index contributed by atoms with van der Waals surface area (Å²) >= 11 is 25.3. The summed E-state index contributed by atoms with van der Waals surface area (Å²) in [5, 5.41) is 7.02. The number of likely N-dealkylation sites (N-methyl/N-ethyl adjacent to an activating group) is 1. The number of benzene rings is 2. The largest absolute Gasteiger partial charge is 0.457 e. The smallest absolute Gasteiger partial charge is 0.273 e. The fourth-order valence-electron chi connectivity index (χ4n) is 3.25. The number of hydrogen-bond acceptors (Lipinski definition) is 5. The predicted molar refractivity (Wildman–Crippen MR) is 127 cm³/mol. The summed E-state index contributed by atoms with van der Waals surface area (Å²) in [5.41, 5.74) is 1.93. The summed E-state index contributed by atoms with van der Waals surface area (Å²) in [4.78, 5) is 17.3. The van der Waals surface area contributed by atoms with Crippen LogP contribution >= 0.6 is 46.4 Å². The SMILES string of the molecule is CCOC(Oc1c(Cl)cc(C2CC2(Cl)Cl)cc1Cl)c1ccccc1/C(=N\OC)C(=O)NC. The number of nitrogens with zero attached hydrogens (tertiary/aromatic N) is 1. The Balaban J connectivity index is 1.99. The Bertz CT molecular complexity index is 1010. The van der Waals surface area contributed by atoms with Crippen LogP contribution in [-0.4, -0.2) is 36.7 Å². The van der Waals surface area contributed by atoms with E-state index in [2.05, 4.69) is 10.5 Å². The molecule has 0 spiro atoms. The Kier molecular flexibility index (Phi) is 8.17. The molecule has 10 heteroatoms. The van der Waals surface area contributed by atoms with E-state index in [0.717, 1.165) is 5.56 Å². The molecule has 172 valence electrons. The van der Waals surface area contributed by atoms with Gasteiger partial charge in [-0.2, -0.15) is 0 Å². The van der Waals surface area contributed by atoms with Crippen molar-refractivity contribution >= 4 is 58.0 Å². The van der Waals surface area contributed by atoms with Crippen LogP contribution in [0.3, 0.4) is 0 Å². The van der Waals surface area contributed by atoms with Gasteiger partial charge in [0.25, 0.3) is 5.91 Å². The summed E-state index contributed by atoms with van der Waals surface area (Å²) < 4.78 is 11.1. The van der Waals surface area contributed by atoms with Gasteiger partial charge in [0.1, 0.15) is 11.4 Å². The molecule has 0 aliphatic heterocycles. The summed E-state index contributed by atoms with van der Waals surface area (Å²) in [7, 11) is 2.86. The molecule has 2 aromatic carbocycles. The van der Waals surface area contributed by atoms with Crippen LogP contribution in [0.5, 0.6) is 5.75 Å². The molecule has 3 rings (SSSR count). The summed E-state index contributed by atoms with van der Waals surface area (Å²) in [6, 6.07) is 10.5. The fraction of sp³-hybridized carbons (Fsp3) is 0.364. The number of carbonyl (C=O) groups is 1. The number of rotatable bonds is 9. The average Bonchev–Trinajstić information content (AvgIpc) is 3.41. The molecule has 0 heterocycles. The fourth-order valence-corrected chi connectivity index (χ4v) is 4.41. The molecular weight excluding hydrogens is 498 g/mol. The van der Waals surface area contributed by atoms with E-state index in [-0.39, 0.29) is 17.4 Å². The zero-order valence-electron chi connectivity index (χ0n) is 17.6. The second-order valence-electron chi connectivity index (χ2n) is 7.03. The molecule has 1 aliphatic rings. The zero-order chi connectivity index (χ0) is 23.5. The minimum atomic E-state index is -0.926. The third-order valence-corrected chi connectivity index (χ3v) is 6.28. The first-order valence-corrected chi connectivity index (χ1v) is 11.3. The van der Waals surface area contributed by atoms with Crippen molar-refractivity contribution < 1.29 is 19.1 Å². The van der Waals surface area contributed by atoms with Gasteiger partial charge in [-0.3, -0.25) is 4.79 Å². The molecule has 0 saturated heterocycles. The number of ether oxygens (including phenoxy) is 2. The zero-order valence-corrected chi connectivity index (χ0v) is 20.6. The van der Waals surface area contributed by atoms with Gasteiger partial charge in [0.15, 0.2) is 11.5 Å². The number of carbonyl (C=O) groups excluding carboxylic acids is 1. The molecule has 2 atom stereocenters. The Labute approximate surface area is 206 Å². The molecule has 1 fully saturated rings. The standard InChI is InChI=1S/C22H22Cl4N2O4/c1-4-31-21(14-8-6-5-7-13(14)18(28-30-3)20(29)27-2)32-19-16(23)9-12(10-17(19)24)15-11-22(15,25)26/h5-10,15,21H,4,11H2,1-3H3,(H,27,29)/b28-18+. The van der Waals surface area contributed by atoms with Crippen LogP contribution in [0, 0.1) is 0 Å². The van der Waals surface area contributed by atoms with Crippen LogP contribution in [0.25, 0.3) is 0 Å². The highest BCUT2D eigenvalue weighted by Gasteiger charge is 2.52. The van der Waals surface area contributed by atoms with Crippen molar-refractivity contribution in [3.63, 3.8) is 0 Å². The first-order chi connectivity index (χ1) is 15.2. The van der Waals surface area contributed by atoms with Crippen LogP contribution in [0.4, 0.5) is 0 Å². The van der Waals surface area contributed by atoms with Crippen molar-refractivity contribution in [2.45, 2.75) is 29.9 Å². The monoisotopic (exact) mass is 518 g/mol. The van der Waals surface area contributed by atoms with Gasteiger partial charge in [0, 0.05) is 30.7 Å². The molecule has 0 bridgehead atoms. The van der Waals surface area contributed by atoms with E-state index >= 15 is 0 Å². The number of hydrogen-bond donors (Lipinski definition) is 1. The van der Waals surface area contributed by atoms with Gasteiger partial charge >= 0.3 is 0 Å². The van der Waals surface area contributed by atoms with E-state index in [1.54, 1.807) is 36.4 Å². The number of amides is 1. The third-order valence-electron chi connectivity index (χ3n) is 4.89. The van der Waals surface area contributed by atoms with Crippen LogP contribution in [0.15, 0.2) is 41.6 Å². The molecule has 2 aromatic rings. The first kappa shape index (κ1) is 24.9. The molecule has 0 radical (unpaired) electrons. The van der Waals surface area contributed by atoms with Crippen molar-refractivity contribution in [2.75, 3.05) is 20.8 Å². The Morgan fingerprint density at radius 1 is 1.25 bits per heavy atom. The molecule has 2 unspecified atom stereocenters. The van der Waals surface area contributed by atoms with Gasteiger partial charge in [-0.1, -0.05) is 52.6 Å². The first-order valence-electron chi connectivity index (χ1n) is 9.81. The van der Waals surface area contributed by atoms with Crippen molar-refractivity contribution in [3.8, 4) is 5.75 Å². The normalized spacial score (nSPS) is 18.1. The average molecular weight is 520 g/mol. The van der Waals surface area contributed by atoms with Gasteiger partial charge in [0.2, 0.25) is 6.29 Å². The highest BCUT2D eigenvalue weighted by molar-refractivity contribution is 6.51. The molecule has 0 aromatic heterocycles. The topological polar surface area (TPSA) is 69.1 Å². The van der Waals surface area contributed by atoms with Crippen LogP contribution in [-0.2, 0) is 14.4 Å². The molecule has 32 heavy (non-hydrogen) atoms. The molecule has 1 amide bonds. The summed E-state index contributed by atoms with van der Waals surface area (Å²) in [6.07, 6.45) is -0.302. The number of alkyl halides is 2. The Morgan fingerprint density at radius 2 is 1.88 bits per heavy atom. The molecular formula is C22H22Cl4N2O4. The number of halogens is 4. The van der Waals surface area contributed by atoms with Crippen molar-refractivity contribution in [1.29, 1.82) is 0 Å². The quantitative estimate of drug-likeness (QED) is 0.195. The van der Waals surface area contributed by atoms with Gasteiger partial charge < -0.3 is 19.6 Å². The van der Waals surface area contributed by atoms with Gasteiger partial charge in [-0.05, 0) is 31.0 Å². The van der Waals surface area contributed by atoms with Gasteiger partial charge in [-0.25, -0.2) is 0 Å². The van der Waals surface area contributed by atoms with Crippen molar-refractivity contribution in [1.82, 2.24) is 5.32 Å². The molecule has 1 aliphatic carbocycles. The number of nitrogens with one attached hydrogen (secondary N) is 1. The second-order valence-corrected chi connectivity index (χ2v) is 9.38. The molecule has 1 N–H and O–H groups in total. The van der Waals surface area contributed by atoms with E-state index in [0.29, 0.717) is 34.2 Å². The van der Waals surface area contributed by atoms with E-state index in [1.165, 1.54) is 14.2 Å². The van der Waals surface area contributed by atoms with Crippen LogP contribution < -0.4 is 10.1 Å². The minimum absolute atomic E-state index is 0.0429. The van der Waals surface area contributed by atoms with Crippen LogP contribution in [0.2, 0.25) is 10.0 Å². The lowest BCUT2D eigenvalue weighted by Gasteiger charge is -2.23. The third kappa shape index (κ3) is 5.43. The second kappa shape index (κ2) is 10.5. The van der Waals surface area contributed by atoms with Gasteiger partial charge in [0.05, 0.1) is 10.0 Å².